The van der Waals surface area contributed by atoms with Crippen LogP contribution in [0.15, 0.2) is 0 Å². The van der Waals surface area contributed by atoms with Crippen LogP contribution in [0.5, 0.6) is 0 Å². The Kier molecular flexibility index (Phi) is 5.76. The van der Waals surface area contributed by atoms with Crippen molar-refractivity contribution in [3.05, 3.63) is 0 Å². The second-order valence-electron chi connectivity index (χ2n) is 11.4. The van der Waals surface area contributed by atoms with Gasteiger partial charge in [0.15, 0.2) is 0 Å². The summed E-state index contributed by atoms with van der Waals surface area (Å²) in [4.78, 5) is 21.9. The highest BCUT2D eigenvalue weighted by Crippen LogP contribution is 2.68. The maximum Gasteiger partial charge on any atom is 0.303 e. The number of aliphatic carboxylic acids is 1. The van der Waals surface area contributed by atoms with Crippen molar-refractivity contribution in [3.63, 3.8) is 0 Å². The molecule has 4 aliphatic rings. The summed E-state index contributed by atoms with van der Waals surface area (Å²) in [6.07, 6.45) is 12.5. The fraction of sp³-hybridized carbons (Fsp3) is 0.920. The molecular formula is C25H40O4. The molecule has 4 heteroatoms. The van der Waals surface area contributed by atoms with Gasteiger partial charge in [-0.3, -0.25) is 9.59 Å². The molecule has 4 fully saturated rings. The fourth-order valence-corrected chi connectivity index (χ4v) is 8.95. The van der Waals surface area contributed by atoms with Crippen molar-refractivity contribution in [2.75, 3.05) is 0 Å². The molecule has 0 heterocycles. The molecule has 0 aromatic carbocycles. The van der Waals surface area contributed by atoms with E-state index in [0.717, 1.165) is 37.0 Å². The smallest absolute Gasteiger partial charge is 0.303 e. The molecule has 1 N–H and O–H groups in total. The highest BCUT2D eigenvalue weighted by molar-refractivity contribution is 5.66. The summed E-state index contributed by atoms with van der Waals surface area (Å²) in [5.74, 6) is 3.75. The molecule has 4 saturated carbocycles. The molecule has 0 aromatic heterocycles. The summed E-state index contributed by atoms with van der Waals surface area (Å²) in [5.41, 5.74) is 0.820. The van der Waals surface area contributed by atoms with Crippen LogP contribution in [0.2, 0.25) is 0 Å². The number of rotatable bonds is 6. The van der Waals surface area contributed by atoms with E-state index in [0.29, 0.717) is 41.5 Å². The molecule has 0 radical (unpaired) electrons. The SMILES string of the molecule is C[C@H](CCC(=O)O)[C@H]1CC[C@H]2[C@H]3CC[C@@H]4C[C@H](OC=O)CC[C@]4(C)[C@H]3CC[C@]12C. The topological polar surface area (TPSA) is 63.6 Å². The first-order valence-electron chi connectivity index (χ1n) is 12.1. The van der Waals surface area contributed by atoms with Crippen LogP contribution in [-0.2, 0) is 14.3 Å². The number of hydrogen-bond donors (Lipinski definition) is 1. The highest BCUT2D eigenvalue weighted by Gasteiger charge is 2.60. The lowest BCUT2D eigenvalue weighted by atomic mass is 9.44. The largest absolute Gasteiger partial charge is 0.481 e. The van der Waals surface area contributed by atoms with Crippen molar-refractivity contribution in [3.8, 4) is 0 Å². The van der Waals surface area contributed by atoms with E-state index in [1.807, 2.05) is 0 Å². The van der Waals surface area contributed by atoms with Gasteiger partial charge in [0.2, 0.25) is 0 Å². The number of ether oxygens (including phenoxy) is 1. The van der Waals surface area contributed by atoms with Crippen LogP contribution >= 0.6 is 0 Å². The lowest BCUT2D eigenvalue weighted by molar-refractivity contribution is -0.151. The third-order valence-electron chi connectivity index (χ3n) is 10.4. The molecule has 164 valence electrons. The lowest BCUT2D eigenvalue weighted by Gasteiger charge is -2.61. The van der Waals surface area contributed by atoms with E-state index < -0.39 is 5.97 Å². The van der Waals surface area contributed by atoms with Gasteiger partial charge in [0.05, 0.1) is 0 Å². The minimum atomic E-state index is -0.652. The molecule has 0 aliphatic heterocycles. The standard InChI is InChI=1S/C25H40O4/c1-16(4-9-23(27)28)20-7-8-21-19-6-5-17-14-18(29-15-26)10-12-24(17,2)22(19)11-13-25(20,21)3/h15-22H,4-14H2,1-3H3,(H,27,28)/t16-,17-,18-,19-,20-,21+,22+,24+,25-/m1/s1. The zero-order chi connectivity index (χ0) is 20.8. The lowest BCUT2D eigenvalue weighted by Crippen LogP contribution is -2.54. The fourth-order valence-electron chi connectivity index (χ4n) is 8.95. The molecule has 0 amide bonds. The minimum absolute atomic E-state index is 0.141. The average Bonchev–Trinajstić information content (AvgIpc) is 3.04. The van der Waals surface area contributed by atoms with Gasteiger partial charge in [-0.25, -0.2) is 0 Å². The molecule has 29 heavy (non-hydrogen) atoms. The molecule has 9 atom stereocenters. The zero-order valence-electron chi connectivity index (χ0n) is 18.6. The number of hydrogen-bond acceptors (Lipinski definition) is 3. The van der Waals surface area contributed by atoms with E-state index in [-0.39, 0.29) is 6.10 Å². The second-order valence-corrected chi connectivity index (χ2v) is 11.4. The average molecular weight is 405 g/mol. The maximum absolute atomic E-state index is 11.1. The molecule has 0 saturated heterocycles. The van der Waals surface area contributed by atoms with E-state index >= 15 is 0 Å². The Morgan fingerprint density at radius 1 is 1.07 bits per heavy atom. The highest BCUT2D eigenvalue weighted by atomic mass is 16.5. The molecule has 0 unspecified atom stereocenters. The van der Waals surface area contributed by atoms with Gasteiger partial charge in [-0.2, -0.15) is 0 Å². The van der Waals surface area contributed by atoms with Gasteiger partial charge < -0.3 is 9.84 Å². The summed E-state index contributed by atoms with van der Waals surface area (Å²) in [6, 6.07) is 0. The first kappa shape index (κ1) is 21.2. The van der Waals surface area contributed by atoms with Gasteiger partial charge >= 0.3 is 5.97 Å². The van der Waals surface area contributed by atoms with E-state index in [9.17, 15) is 9.59 Å². The maximum atomic E-state index is 11.1. The third-order valence-corrected chi connectivity index (χ3v) is 10.4. The molecule has 0 bridgehead atoms. The summed E-state index contributed by atoms with van der Waals surface area (Å²) in [6.45, 7) is 8.05. The monoisotopic (exact) mass is 404 g/mol. The van der Waals surface area contributed by atoms with Crippen LogP contribution in [0.4, 0.5) is 0 Å². The van der Waals surface area contributed by atoms with Crippen molar-refractivity contribution < 1.29 is 19.4 Å². The van der Waals surface area contributed by atoms with Crippen molar-refractivity contribution in [1.82, 2.24) is 0 Å². The Balaban J connectivity index is 1.48. The van der Waals surface area contributed by atoms with Crippen LogP contribution in [0, 0.1) is 46.3 Å². The van der Waals surface area contributed by atoms with E-state index in [2.05, 4.69) is 20.8 Å². The van der Waals surface area contributed by atoms with Crippen molar-refractivity contribution in [1.29, 1.82) is 0 Å². The van der Waals surface area contributed by atoms with Crippen molar-refractivity contribution in [2.24, 2.45) is 46.3 Å². The van der Waals surface area contributed by atoms with Crippen molar-refractivity contribution in [2.45, 2.75) is 97.5 Å². The van der Waals surface area contributed by atoms with E-state index in [1.165, 1.54) is 44.9 Å². The summed E-state index contributed by atoms with van der Waals surface area (Å²) in [5, 5.41) is 9.12. The van der Waals surface area contributed by atoms with Gasteiger partial charge in [0.25, 0.3) is 6.47 Å². The van der Waals surface area contributed by atoms with Gasteiger partial charge in [-0.1, -0.05) is 20.8 Å². The Morgan fingerprint density at radius 3 is 2.52 bits per heavy atom. The van der Waals surface area contributed by atoms with E-state index in [1.54, 1.807) is 0 Å². The van der Waals surface area contributed by atoms with Crippen LogP contribution in [0.1, 0.15) is 91.4 Å². The molecule has 4 aliphatic carbocycles. The Bertz CT molecular complexity index is 632. The molecule has 0 spiro atoms. The Hall–Kier alpha value is -1.06. The Morgan fingerprint density at radius 2 is 1.79 bits per heavy atom. The number of carbonyl (C=O) groups is 2. The van der Waals surface area contributed by atoms with Crippen LogP contribution in [-0.4, -0.2) is 23.7 Å². The van der Waals surface area contributed by atoms with Gasteiger partial charge in [-0.15, -0.1) is 0 Å². The number of carboxylic acids is 1. The quantitative estimate of drug-likeness (QED) is 0.578. The van der Waals surface area contributed by atoms with Crippen LogP contribution < -0.4 is 0 Å². The normalized spacial score (nSPS) is 47.4. The van der Waals surface area contributed by atoms with Gasteiger partial charge in [-0.05, 0) is 111 Å². The summed E-state index contributed by atoms with van der Waals surface area (Å²) in [7, 11) is 0. The minimum Gasteiger partial charge on any atom is -0.481 e. The molecule has 4 nitrogen and oxygen atoms in total. The second kappa shape index (κ2) is 7.89. The van der Waals surface area contributed by atoms with Crippen LogP contribution in [0.3, 0.4) is 0 Å². The van der Waals surface area contributed by atoms with E-state index in [4.69, 9.17) is 9.84 Å². The van der Waals surface area contributed by atoms with Crippen LogP contribution in [0.25, 0.3) is 0 Å². The third kappa shape index (κ3) is 3.53. The first-order chi connectivity index (χ1) is 13.8. The number of carbonyl (C=O) groups excluding carboxylic acids is 1. The predicted molar refractivity (Wildman–Crippen MR) is 112 cm³/mol. The summed E-state index contributed by atoms with van der Waals surface area (Å²) < 4.78 is 5.36. The zero-order valence-corrected chi connectivity index (χ0v) is 18.6. The molecule has 4 rings (SSSR count). The predicted octanol–water partition coefficient (Wildman–Crippen LogP) is 5.69. The first-order valence-corrected chi connectivity index (χ1v) is 12.1. The molecular weight excluding hydrogens is 364 g/mol. The number of fused-ring (bicyclic) bond motifs is 5. The van der Waals surface area contributed by atoms with Gasteiger partial charge in [0, 0.05) is 6.42 Å². The Labute approximate surface area is 176 Å². The van der Waals surface area contributed by atoms with Gasteiger partial charge in [0.1, 0.15) is 6.10 Å². The summed E-state index contributed by atoms with van der Waals surface area (Å²) >= 11 is 0. The number of carboxylic acid groups (broad SMARTS) is 1. The molecule has 0 aromatic rings. The van der Waals surface area contributed by atoms with Crippen molar-refractivity contribution >= 4 is 12.4 Å².